The molecule has 1 aliphatic heterocycles. The number of nitrogens with zero attached hydrogens (tertiary/aromatic N) is 1. The van der Waals surface area contributed by atoms with Crippen molar-refractivity contribution in [1.29, 1.82) is 0 Å². The number of aromatic nitrogens is 2. The van der Waals surface area contributed by atoms with Crippen LogP contribution in [-0.2, 0) is 32.7 Å². The van der Waals surface area contributed by atoms with Crippen molar-refractivity contribution >= 4 is 30.6 Å². The number of aromatic amines is 1. The molecule has 1 fully saturated rings. The summed E-state index contributed by atoms with van der Waals surface area (Å²) in [6.45, 7) is 8.13. The topological polar surface area (TPSA) is 175 Å². The fraction of sp³-hybridized carbons (Fsp3) is 0.739. The first kappa shape index (κ1) is 33.3. The molecule has 222 valence electrons. The second-order valence-corrected chi connectivity index (χ2v) is 13.1. The van der Waals surface area contributed by atoms with E-state index in [0.717, 1.165) is 28.6 Å². The summed E-state index contributed by atoms with van der Waals surface area (Å²) in [6.07, 6.45) is -3.36. The Morgan fingerprint density at radius 3 is 2.51 bits per heavy atom. The number of rotatable bonds is 13. The van der Waals surface area contributed by atoms with E-state index < -0.39 is 80.2 Å². The Balaban J connectivity index is 2.15. The highest BCUT2D eigenvalue weighted by Gasteiger charge is 2.46. The van der Waals surface area contributed by atoms with Crippen LogP contribution in [0.1, 0.15) is 47.8 Å². The Morgan fingerprint density at radius 1 is 1.28 bits per heavy atom. The maximum atomic E-state index is 13.9. The number of carbonyl (C=O) groups is 2. The van der Waals surface area contributed by atoms with Crippen LogP contribution < -0.4 is 16.3 Å². The Bertz CT molecular complexity index is 1150. The molecule has 0 aromatic carbocycles. The van der Waals surface area contributed by atoms with Crippen LogP contribution in [0.3, 0.4) is 0 Å². The number of aliphatic hydroxyl groups is 1. The van der Waals surface area contributed by atoms with E-state index in [2.05, 4.69) is 5.09 Å². The summed E-state index contributed by atoms with van der Waals surface area (Å²) < 4.78 is 50.1. The van der Waals surface area contributed by atoms with Gasteiger partial charge in [0.1, 0.15) is 12.1 Å². The molecule has 16 heteroatoms. The standard InChI is InChI=1S/C23H37FN3O10PS/c1-13(2)36-20(30)14(3)26-38(33,34-9-10-39-21(31)23(4,5)6)35-12-16-15(11-24)18(29)19(37-16)27-8-7-17(28)25-22(27)32/h7-8,13-16,18-19,29H,9-12H2,1-6H3,(H,26,33)(H,25,28,32). The van der Waals surface area contributed by atoms with Crippen molar-refractivity contribution in [3.05, 3.63) is 33.1 Å². The van der Waals surface area contributed by atoms with Gasteiger partial charge in [-0.25, -0.2) is 14.4 Å². The second-order valence-electron chi connectivity index (χ2n) is 10.2. The van der Waals surface area contributed by atoms with Gasteiger partial charge in [0.25, 0.3) is 5.56 Å². The molecule has 1 saturated heterocycles. The van der Waals surface area contributed by atoms with Crippen LogP contribution in [0.2, 0.25) is 0 Å². The first-order valence-corrected chi connectivity index (χ1v) is 14.9. The minimum atomic E-state index is -4.27. The number of esters is 1. The lowest BCUT2D eigenvalue weighted by molar-refractivity contribution is -0.149. The largest absolute Gasteiger partial charge is 0.462 e. The van der Waals surface area contributed by atoms with E-state index in [9.17, 15) is 33.2 Å². The van der Waals surface area contributed by atoms with Gasteiger partial charge < -0.3 is 14.6 Å². The molecule has 0 saturated carbocycles. The van der Waals surface area contributed by atoms with Gasteiger partial charge in [-0.1, -0.05) is 32.5 Å². The van der Waals surface area contributed by atoms with Crippen LogP contribution in [0.4, 0.5) is 4.39 Å². The molecule has 0 radical (unpaired) electrons. The number of carbonyl (C=O) groups excluding carboxylic acids is 2. The van der Waals surface area contributed by atoms with E-state index in [1.54, 1.807) is 34.6 Å². The molecule has 2 heterocycles. The zero-order chi connectivity index (χ0) is 29.5. The van der Waals surface area contributed by atoms with Gasteiger partial charge in [0.05, 0.1) is 32.1 Å². The number of aliphatic hydroxyl groups excluding tert-OH is 1. The van der Waals surface area contributed by atoms with Crippen molar-refractivity contribution in [3.63, 3.8) is 0 Å². The minimum absolute atomic E-state index is 0.105. The first-order valence-electron chi connectivity index (χ1n) is 12.3. The third-order valence-electron chi connectivity index (χ3n) is 5.48. The molecule has 39 heavy (non-hydrogen) atoms. The van der Waals surface area contributed by atoms with Gasteiger partial charge in [-0.15, -0.1) is 0 Å². The maximum absolute atomic E-state index is 13.9. The number of hydrogen-bond donors (Lipinski definition) is 3. The molecular weight excluding hydrogens is 560 g/mol. The number of alkyl halides is 1. The Kier molecular flexibility index (Phi) is 12.1. The zero-order valence-corrected chi connectivity index (χ0v) is 24.5. The molecule has 6 atom stereocenters. The Labute approximate surface area is 229 Å². The number of thioether (sulfide) groups is 1. The number of H-pyrrole nitrogens is 1. The molecule has 2 rings (SSSR count). The summed E-state index contributed by atoms with van der Waals surface area (Å²) in [5.74, 6) is -1.76. The summed E-state index contributed by atoms with van der Waals surface area (Å²) in [5.41, 5.74) is -2.13. The Hall–Kier alpha value is -1.87. The van der Waals surface area contributed by atoms with Gasteiger partial charge in [-0.2, -0.15) is 0 Å². The summed E-state index contributed by atoms with van der Waals surface area (Å²) in [4.78, 5) is 50.0. The zero-order valence-electron chi connectivity index (χ0n) is 22.7. The monoisotopic (exact) mass is 597 g/mol. The first-order chi connectivity index (χ1) is 18.1. The molecular formula is C23H37FN3O10PS. The van der Waals surface area contributed by atoms with Crippen molar-refractivity contribution in [2.75, 3.05) is 25.6 Å². The minimum Gasteiger partial charge on any atom is -0.462 e. The highest BCUT2D eigenvalue weighted by molar-refractivity contribution is 8.13. The van der Waals surface area contributed by atoms with Crippen molar-refractivity contribution in [3.8, 4) is 0 Å². The van der Waals surface area contributed by atoms with Crippen LogP contribution in [0.5, 0.6) is 0 Å². The van der Waals surface area contributed by atoms with E-state index in [0.29, 0.717) is 0 Å². The van der Waals surface area contributed by atoms with E-state index in [1.807, 2.05) is 4.98 Å². The van der Waals surface area contributed by atoms with Gasteiger partial charge in [-0.05, 0) is 20.8 Å². The molecule has 3 N–H and O–H groups in total. The van der Waals surface area contributed by atoms with Crippen LogP contribution >= 0.6 is 19.5 Å². The molecule has 1 aliphatic rings. The predicted molar refractivity (Wildman–Crippen MR) is 141 cm³/mol. The fourth-order valence-electron chi connectivity index (χ4n) is 3.42. The number of hydrogen-bond acceptors (Lipinski definition) is 11. The van der Waals surface area contributed by atoms with Gasteiger partial charge in [0, 0.05) is 29.3 Å². The molecule has 0 amide bonds. The SMILES string of the molecule is CC(C)OC(=O)C(C)NP(=O)(OCCSC(=O)C(C)(C)C)OCC1OC(n2ccc(=O)[nH]c2=O)C(O)C1CF. The van der Waals surface area contributed by atoms with Crippen molar-refractivity contribution < 1.29 is 42.2 Å². The highest BCUT2D eigenvalue weighted by atomic mass is 32.2. The van der Waals surface area contributed by atoms with Crippen LogP contribution in [0.15, 0.2) is 21.9 Å². The summed E-state index contributed by atoms with van der Waals surface area (Å²) >= 11 is 0.981. The number of ether oxygens (including phenoxy) is 2. The van der Waals surface area contributed by atoms with Crippen LogP contribution in [-0.4, -0.2) is 75.7 Å². The number of halogens is 1. The van der Waals surface area contributed by atoms with E-state index in [-0.39, 0.29) is 17.5 Å². The lowest BCUT2D eigenvalue weighted by Crippen LogP contribution is -2.37. The van der Waals surface area contributed by atoms with Crippen LogP contribution in [0, 0.1) is 11.3 Å². The molecule has 0 aliphatic carbocycles. The predicted octanol–water partition coefficient (Wildman–Crippen LogP) is 1.76. The summed E-state index contributed by atoms with van der Waals surface area (Å²) in [5, 5.41) is 13.0. The molecule has 1 aromatic heterocycles. The quantitative estimate of drug-likeness (QED) is 0.171. The van der Waals surface area contributed by atoms with Gasteiger partial charge >= 0.3 is 19.4 Å². The molecule has 1 aromatic rings. The second kappa shape index (κ2) is 14.2. The highest BCUT2D eigenvalue weighted by Crippen LogP contribution is 2.46. The third-order valence-corrected chi connectivity index (χ3v) is 8.44. The lowest BCUT2D eigenvalue weighted by atomic mass is 10.00. The van der Waals surface area contributed by atoms with Crippen molar-refractivity contribution in [2.24, 2.45) is 11.3 Å². The Morgan fingerprint density at radius 2 is 1.95 bits per heavy atom. The third kappa shape index (κ3) is 9.62. The normalized spacial score (nSPS) is 23.9. The fourth-order valence-corrected chi connectivity index (χ4v) is 5.81. The maximum Gasteiger partial charge on any atom is 0.406 e. The molecule has 13 nitrogen and oxygen atoms in total. The average Bonchev–Trinajstić information content (AvgIpc) is 3.14. The summed E-state index contributed by atoms with van der Waals surface area (Å²) in [7, 11) is -4.27. The smallest absolute Gasteiger partial charge is 0.406 e. The van der Waals surface area contributed by atoms with E-state index >= 15 is 0 Å². The van der Waals surface area contributed by atoms with Crippen LogP contribution in [0.25, 0.3) is 0 Å². The van der Waals surface area contributed by atoms with Gasteiger partial charge in [-0.3, -0.25) is 37.4 Å². The number of nitrogens with one attached hydrogen (secondary N) is 2. The molecule has 0 spiro atoms. The average molecular weight is 598 g/mol. The van der Waals surface area contributed by atoms with Crippen molar-refractivity contribution in [1.82, 2.24) is 14.6 Å². The van der Waals surface area contributed by atoms with Gasteiger partial charge in [0.2, 0.25) is 0 Å². The van der Waals surface area contributed by atoms with Crippen molar-refractivity contribution in [2.45, 2.75) is 72.1 Å². The molecule has 0 bridgehead atoms. The lowest BCUT2D eigenvalue weighted by Gasteiger charge is -2.25. The van der Waals surface area contributed by atoms with E-state index in [1.165, 1.54) is 6.92 Å². The molecule has 6 unspecified atom stereocenters. The van der Waals surface area contributed by atoms with E-state index in [4.69, 9.17) is 18.5 Å². The van der Waals surface area contributed by atoms with Gasteiger partial charge in [0.15, 0.2) is 11.3 Å². The summed E-state index contributed by atoms with van der Waals surface area (Å²) in [6, 6.07) is -0.0841.